The molecule has 3 heteroatoms. The van der Waals surface area contributed by atoms with Crippen LogP contribution in [-0.4, -0.2) is 0 Å². The van der Waals surface area contributed by atoms with Crippen LogP contribution in [0.4, 0.5) is 0 Å². The lowest BCUT2D eigenvalue weighted by Gasteiger charge is -2.28. The molecule has 0 saturated heterocycles. The zero-order chi connectivity index (χ0) is 14.8. The smallest absolute Gasteiger partial charge is 0.0551 e. The second-order valence-corrected chi connectivity index (χ2v) is 7.07. The lowest BCUT2D eigenvalue weighted by Crippen LogP contribution is -2.18. The minimum atomic E-state index is 0.0340. The van der Waals surface area contributed by atoms with E-state index in [1.165, 1.54) is 30.4 Å². The Kier molecular flexibility index (Phi) is 4.68. The van der Waals surface area contributed by atoms with Gasteiger partial charge < -0.3 is 5.73 Å². The van der Waals surface area contributed by atoms with Gasteiger partial charge in [0.05, 0.1) is 5.02 Å². The largest absolute Gasteiger partial charge is 0.324 e. The zero-order valence-corrected chi connectivity index (χ0v) is 14.2. The van der Waals surface area contributed by atoms with E-state index in [-0.39, 0.29) is 6.04 Å². The lowest BCUT2D eigenvalue weighted by molar-refractivity contribution is 0.476. The molecule has 2 aromatic carbocycles. The summed E-state index contributed by atoms with van der Waals surface area (Å²) in [6.07, 6.45) is 4.67. The molecule has 0 aromatic heterocycles. The number of fused-ring (bicyclic) bond motifs is 1. The maximum Gasteiger partial charge on any atom is 0.0551 e. The van der Waals surface area contributed by atoms with Gasteiger partial charge >= 0.3 is 0 Å². The molecule has 21 heavy (non-hydrogen) atoms. The minimum absolute atomic E-state index is 0.0340. The van der Waals surface area contributed by atoms with Crippen LogP contribution in [0.5, 0.6) is 0 Å². The molecule has 2 aromatic rings. The Morgan fingerprint density at radius 3 is 2.86 bits per heavy atom. The minimum Gasteiger partial charge on any atom is -0.324 e. The molecular weight excluding hydrogens is 346 g/mol. The topological polar surface area (TPSA) is 26.0 Å². The fourth-order valence-corrected chi connectivity index (χ4v) is 3.72. The molecule has 0 bridgehead atoms. The van der Waals surface area contributed by atoms with Gasteiger partial charge in [0, 0.05) is 10.5 Å². The third kappa shape index (κ3) is 3.33. The normalized spacial score (nSPS) is 19.1. The zero-order valence-electron chi connectivity index (χ0n) is 11.9. The molecule has 3 rings (SSSR count). The van der Waals surface area contributed by atoms with Crippen molar-refractivity contribution < 1.29 is 0 Å². The molecule has 1 aliphatic rings. The molecule has 2 N–H and O–H groups in total. The molecule has 0 fully saturated rings. The van der Waals surface area contributed by atoms with Crippen LogP contribution in [0.2, 0.25) is 5.02 Å². The molecule has 110 valence electrons. The van der Waals surface area contributed by atoms with Gasteiger partial charge in [0.1, 0.15) is 0 Å². The molecule has 0 spiro atoms. The van der Waals surface area contributed by atoms with Crippen molar-refractivity contribution in [1.29, 1.82) is 0 Å². The first-order valence-corrected chi connectivity index (χ1v) is 8.60. The number of hydrogen-bond donors (Lipinski definition) is 1. The highest BCUT2D eigenvalue weighted by Crippen LogP contribution is 2.37. The van der Waals surface area contributed by atoms with E-state index < -0.39 is 0 Å². The molecule has 0 radical (unpaired) electrons. The number of nitrogens with two attached hydrogens (primary N) is 1. The van der Waals surface area contributed by atoms with Crippen molar-refractivity contribution in [1.82, 2.24) is 0 Å². The van der Waals surface area contributed by atoms with Gasteiger partial charge in [-0.25, -0.2) is 0 Å². The SMILES string of the molecule is NC(CC1CCCc2ccccc21)c1ccc(Br)c(Cl)c1. The Morgan fingerprint density at radius 2 is 2.05 bits per heavy atom. The third-order valence-corrected chi connectivity index (χ3v) is 5.64. The summed E-state index contributed by atoms with van der Waals surface area (Å²) in [5, 5.41) is 0.729. The number of hydrogen-bond acceptors (Lipinski definition) is 1. The van der Waals surface area contributed by atoms with Crippen LogP contribution < -0.4 is 5.73 Å². The summed E-state index contributed by atoms with van der Waals surface area (Å²) in [6.45, 7) is 0. The second-order valence-electron chi connectivity index (χ2n) is 5.80. The van der Waals surface area contributed by atoms with Gasteiger partial charge in [-0.3, -0.25) is 0 Å². The molecule has 0 aliphatic heterocycles. The summed E-state index contributed by atoms with van der Waals surface area (Å²) in [6, 6.07) is 14.8. The summed E-state index contributed by atoms with van der Waals surface area (Å²) in [5.74, 6) is 0.562. The van der Waals surface area contributed by atoms with Gasteiger partial charge in [-0.1, -0.05) is 41.9 Å². The van der Waals surface area contributed by atoms with Gasteiger partial charge in [0.15, 0.2) is 0 Å². The lowest BCUT2D eigenvalue weighted by atomic mass is 9.79. The predicted octanol–water partition coefficient (Wildman–Crippen LogP) is 5.61. The number of halogens is 2. The molecule has 2 unspecified atom stereocenters. The Bertz CT molecular complexity index is 641. The van der Waals surface area contributed by atoms with Gasteiger partial charge in [-0.2, -0.15) is 0 Å². The van der Waals surface area contributed by atoms with Crippen LogP contribution in [0.25, 0.3) is 0 Å². The molecule has 0 heterocycles. The molecular formula is C18H19BrClN. The van der Waals surface area contributed by atoms with Crippen LogP contribution in [0, 0.1) is 0 Å². The van der Waals surface area contributed by atoms with E-state index >= 15 is 0 Å². The number of benzene rings is 2. The maximum atomic E-state index is 6.43. The summed E-state index contributed by atoms with van der Waals surface area (Å²) < 4.78 is 0.920. The molecule has 2 atom stereocenters. The van der Waals surface area contributed by atoms with Gasteiger partial charge in [-0.05, 0) is 76.4 Å². The van der Waals surface area contributed by atoms with E-state index in [2.05, 4.69) is 46.3 Å². The summed E-state index contributed by atoms with van der Waals surface area (Å²) in [7, 11) is 0. The van der Waals surface area contributed by atoms with Crippen molar-refractivity contribution in [2.45, 2.75) is 37.6 Å². The van der Waals surface area contributed by atoms with E-state index in [4.69, 9.17) is 17.3 Å². The predicted molar refractivity (Wildman–Crippen MR) is 92.8 cm³/mol. The van der Waals surface area contributed by atoms with Crippen LogP contribution >= 0.6 is 27.5 Å². The van der Waals surface area contributed by atoms with Crippen molar-refractivity contribution in [2.75, 3.05) is 0 Å². The summed E-state index contributed by atoms with van der Waals surface area (Å²) in [4.78, 5) is 0. The highest BCUT2D eigenvalue weighted by Gasteiger charge is 2.22. The quantitative estimate of drug-likeness (QED) is 0.752. The average Bonchev–Trinajstić information content (AvgIpc) is 2.50. The average molecular weight is 365 g/mol. The van der Waals surface area contributed by atoms with Crippen LogP contribution in [-0.2, 0) is 6.42 Å². The van der Waals surface area contributed by atoms with E-state index in [0.29, 0.717) is 5.92 Å². The maximum absolute atomic E-state index is 6.43. The standard InChI is InChI=1S/C18H19BrClN/c19-16-9-8-14(10-17(16)20)18(21)11-13-6-3-5-12-4-1-2-7-15(12)13/h1-2,4,7-10,13,18H,3,5-6,11,21H2. The van der Waals surface area contributed by atoms with E-state index in [1.807, 2.05) is 12.1 Å². The van der Waals surface area contributed by atoms with Crippen molar-refractivity contribution in [2.24, 2.45) is 5.73 Å². The van der Waals surface area contributed by atoms with Crippen LogP contribution in [0.3, 0.4) is 0 Å². The van der Waals surface area contributed by atoms with E-state index in [9.17, 15) is 0 Å². The van der Waals surface area contributed by atoms with Crippen molar-refractivity contribution in [3.63, 3.8) is 0 Å². The Labute approximate surface area is 139 Å². The second kappa shape index (κ2) is 6.51. The van der Waals surface area contributed by atoms with E-state index in [1.54, 1.807) is 0 Å². The first-order chi connectivity index (χ1) is 10.1. The summed E-state index contributed by atoms with van der Waals surface area (Å²) >= 11 is 9.60. The van der Waals surface area contributed by atoms with Crippen molar-refractivity contribution in [3.8, 4) is 0 Å². The fourth-order valence-electron chi connectivity index (χ4n) is 3.28. The van der Waals surface area contributed by atoms with Gasteiger partial charge in [-0.15, -0.1) is 0 Å². The molecule has 1 aliphatic carbocycles. The summed E-state index contributed by atoms with van der Waals surface area (Å²) in [5.41, 5.74) is 10.5. The monoisotopic (exact) mass is 363 g/mol. The van der Waals surface area contributed by atoms with Gasteiger partial charge in [0.2, 0.25) is 0 Å². The Balaban J connectivity index is 1.79. The number of rotatable bonds is 3. The van der Waals surface area contributed by atoms with Gasteiger partial charge in [0.25, 0.3) is 0 Å². The highest BCUT2D eigenvalue weighted by molar-refractivity contribution is 9.10. The molecule has 1 nitrogen and oxygen atoms in total. The first-order valence-electron chi connectivity index (χ1n) is 7.43. The number of aryl methyl sites for hydroxylation is 1. The third-order valence-electron chi connectivity index (χ3n) is 4.40. The fraction of sp³-hybridized carbons (Fsp3) is 0.333. The van der Waals surface area contributed by atoms with Crippen molar-refractivity contribution >= 4 is 27.5 Å². The van der Waals surface area contributed by atoms with Crippen LogP contribution in [0.1, 0.15) is 47.9 Å². The molecule has 0 saturated carbocycles. The van der Waals surface area contributed by atoms with Crippen molar-refractivity contribution in [3.05, 3.63) is 68.7 Å². The highest BCUT2D eigenvalue weighted by atomic mass is 79.9. The molecule has 0 amide bonds. The Hall–Kier alpha value is -0.830. The first kappa shape index (κ1) is 15.1. The Morgan fingerprint density at radius 1 is 1.24 bits per heavy atom. The van der Waals surface area contributed by atoms with Crippen LogP contribution in [0.15, 0.2) is 46.9 Å². The van der Waals surface area contributed by atoms with E-state index in [0.717, 1.165) is 21.5 Å².